The van der Waals surface area contributed by atoms with Gasteiger partial charge in [0, 0.05) is 0 Å². The minimum absolute atomic E-state index is 0.0606. The first kappa shape index (κ1) is 16.9. The van der Waals surface area contributed by atoms with Crippen LogP contribution < -0.4 is 10.9 Å². The van der Waals surface area contributed by atoms with E-state index < -0.39 is 0 Å². The van der Waals surface area contributed by atoms with Crippen molar-refractivity contribution in [2.24, 2.45) is 0 Å². The third kappa shape index (κ3) is 3.02. The SMILES string of the molecule is CCC(CC)n1[nH]c(=O)c2c1NC(=O)CS[C@@H]2c1ccc(C)cc1. The number of benzene rings is 1. The fraction of sp³-hybridized carbons (Fsp3) is 0.444. The first-order valence-corrected chi connectivity index (χ1v) is 9.42. The Hall–Kier alpha value is -1.95. The first-order valence-electron chi connectivity index (χ1n) is 8.37. The highest BCUT2D eigenvalue weighted by Crippen LogP contribution is 2.40. The van der Waals surface area contributed by atoms with Crippen molar-refractivity contribution in [1.29, 1.82) is 0 Å². The average molecular weight is 345 g/mol. The highest BCUT2D eigenvalue weighted by Gasteiger charge is 2.31. The monoisotopic (exact) mass is 345 g/mol. The van der Waals surface area contributed by atoms with Gasteiger partial charge in [-0.25, -0.2) is 0 Å². The summed E-state index contributed by atoms with van der Waals surface area (Å²) >= 11 is 1.50. The van der Waals surface area contributed by atoms with E-state index in [0.29, 0.717) is 17.1 Å². The van der Waals surface area contributed by atoms with Crippen LogP contribution >= 0.6 is 11.8 Å². The summed E-state index contributed by atoms with van der Waals surface area (Å²) in [7, 11) is 0. The fourth-order valence-electron chi connectivity index (χ4n) is 3.18. The summed E-state index contributed by atoms with van der Waals surface area (Å²) in [6.07, 6.45) is 1.79. The molecule has 24 heavy (non-hydrogen) atoms. The molecule has 1 aromatic heterocycles. The summed E-state index contributed by atoms with van der Waals surface area (Å²) in [6.45, 7) is 6.21. The molecule has 5 nitrogen and oxygen atoms in total. The molecule has 0 bridgehead atoms. The molecule has 2 aromatic rings. The zero-order valence-corrected chi connectivity index (χ0v) is 15.1. The first-order chi connectivity index (χ1) is 11.5. The number of rotatable bonds is 4. The van der Waals surface area contributed by atoms with Gasteiger partial charge < -0.3 is 5.32 Å². The van der Waals surface area contributed by atoms with E-state index in [1.165, 1.54) is 17.3 Å². The molecule has 3 rings (SSSR count). The fourth-order valence-corrected chi connectivity index (χ4v) is 4.30. The highest BCUT2D eigenvalue weighted by atomic mass is 32.2. The molecule has 0 spiro atoms. The summed E-state index contributed by atoms with van der Waals surface area (Å²) in [5.41, 5.74) is 2.77. The molecule has 1 amide bonds. The van der Waals surface area contributed by atoms with E-state index in [-0.39, 0.29) is 22.8 Å². The zero-order chi connectivity index (χ0) is 17.3. The molecule has 0 saturated heterocycles. The second-order valence-electron chi connectivity index (χ2n) is 6.19. The van der Waals surface area contributed by atoms with Crippen LogP contribution in [0.4, 0.5) is 5.82 Å². The Morgan fingerprint density at radius 2 is 1.88 bits per heavy atom. The summed E-state index contributed by atoms with van der Waals surface area (Å²) in [5, 5.41) is 5.75. The molecule has 128 valence electrons. The highest BCUT2D eigenvalue weighted by molar-refractivity contribution is 8.00. The molecule has 2 N–H and O–H groups in total. The molecule has 1 aliphatic rings. The molecule has 1 aliphatic heterocycles. The van der Waals surface area contributed by atoms with Crippen molar-refractivity contribution in [3.63, 3.8) is 0 Å². The quantitative estimate of drug-likeness (QED) is 0.889. The molecule has 0 aliphatic carbocycles. The van der Waals surface area contributed by atoms with Crippen molar-refractivity contribution >= 4 is 23.5 Å². The maximum Gasteiger partial charge on any atom is 0.270 e. The third-order valence-corrected chi connectivity index (χ3v) is 5.82. The van der Waals surface area contributed by atoms with Crippen LogP contribution in [0.5, 0.6) is 0 Å². The Morgan fingerprint density at radius 1 is 1.21 bits per heavy atom. The van der Waals surface area contributed by atoms with E-state index in [1.807, 2.05) is 35.9 Å². The second-order valence-corrected chi connectivity index (χ2v) is 7.29. The predicted octanol–water partition coefficient (Wildman–Crippen LogP) is 3.62. The van der Waals surface area contributed by atoms with Gasteiger partial charge in [0.05, 0.1) is 22.6 Å². The maximum absolute atomic E-state index is 12.7. The smallest absolute Gasteiger partial charge is 0.270 e. The van der Waals surface area contributed by atoms with Crippen molar-refractivity contribution in [1.82, 2.24) is 9.78 Å². The van der Waals surface area contributed by atoms with Crippen molar-refractivity contribution in [2.75, 3.05) is 11.1 Å². The predicted molar refractivity (Wildman–Crippen MR) is 98.8 cm³/mol. The number of hydrogen-bond donors (Lipinski definition) is 2. The molecule has 0 fully saturated rings. The molecule has 0 radical (unpaired) electrons. The van der Waals surface area contributed by atoms with Crippen molar-refractivity contribution < 1.29 is 4.79 Å². The number of nitrogens with zero attached hydrogens (tertiary/aromatic N) is 1. The molecular formula is C18H23N3O2S. The number of fused-ring (bicyclic) bond motifs is 1. The van der Waals surface area contributed by atoms with Gasteiger partial charge in [0.25, 0.3) is 5.56 Å². The summed E-state index contributed by atoms with van der Waals surface area (Å²) in [5.74, 6) is 0.916. The maximum atomic E-state index is 12.7. The van der Waals surface area contributed by atoms with Crippen LogP contribution in [0.2, 0.25) is 0 Å². The summed E-state index contributed by atoms with van der Waals surface area (Å²) in [4.78, 5) is 24.9. The number of aromatic nitrogens is 2. The Morgan fingerprint density at radius 3 is 2.50 bits per heavy atom. The lowest BCUT2D eigenvalue weighted by atomic mass is 10.0. The average Bonchev–Trinajstić information content (AvgIpc) is 2.77. The van der Waals surface area contributed by atoms with Gasteiger partial charge >= 0.3 is 0 Å². The van der Waals surface area contributed by atoms with Gasteiger partial charge in [-0.3, -0.25) is 19.4 Å². The van der Waals surface area contributed by atoms with Gasteiger partial charge in [0.15, 0.2) is 0 Å². The van der Waals surface area contributed by atoms with Crippen LogP contribution in [0, 0.1) is 6.92 Å². The molecule has 2 heterocycles. The number of aromatic amines is 1. The zero-order valence-electron chi connectivity index (χ0n) is 14.3. The number of H-pyrrole nitrogens is 1. The lowest BCUT2D eigenvalue weighted by Crippen LogP contribution is -2.19. The number of carbonyl (C=O) groups excluding carboxylic acids is 1. The van der Waals surface area contributed by atoms with Crippen molar-refractivity contribution in [2.45, 2.75) is 44.9 Å². The Kier molecular flexibility index (Phi) is 4.85. The standard InChI is InChI=1S/C18H23N3O2S/c1-4-13(5-2)21-17-15(18(23)20-21)16(24-10-14(22)19-17)12-8-6-11(3)7-9-12/h6-9,13,16H,4-5,10H2,1-3H3,(H,19,22)(H,20,23)/t16-/m1/s1. The van der Waals surface area contributed by atoms with Gasteiger partial charge in [-0.05, 0) is 25.3 Å². The van der Waals surface area contributed by atoms with Gasteiger partial charge in [-0.15, -0.1) is 11.8 Å². The van der Waals surface area contributed by atoms with E-state index in [2.05, 4.69) is 24.3 Å². The largest absolute Gasteiger partial charge is 0.310 e. The van der Waals surface area contributed by atoms with E-state index in [0.717, 1.165) is 18.4 Å². The summed E-state index contributed by atoms with van der Waals surface area (Å²) in [6, 6.07) is 8.34. The van der Waals surface area contributed by atoms with Crippen LogP contribution in [0.1, 0.15) is 54.7 Å². The summed E-state index contributed by atoms with van der Waals surface area (Å²) < 4.78 is 1.85. The van der Waals surface area contributed by atoms with Crippen LogP contribution in [0.15, 0.2) is 29.1 Å². The Balaban J connectivity index is 2.15. The van der Waals surface area contributed by atoms with Crippen molar-refractivity contribution in [3.8, 4) is 0 Å². The lowest BCUT2D eigenvalue weighted by Gasteiger charge is -2.18. The van der Waals surface area contributed by atoms with Crippen LogP contribution in [-0.2, 0) is 4.79 Å². The van der Waals surface area contributed by atoms with E-state index in [1.54, 1.807) is 0 Å². The molecular weight excluding hydrogens is 322 g/mol. The van der Waals surface area contributed by atoms with Gasteiger partial charge in [-0.1, -0.05) is 43.7 Å². The molecule has 0 unspecified atom stereocenters. The normalized spacial score (nSPS) is 17.5. The number of aryl methyl sites for hydroxylation is 1. The molecule has 1 aromatic carbocycles. The van der Waals surface area contributed by atoms with Crippen LogP contribution in [0.25, 0.3) is 0 Å². The number of hydrogen-bond acceptors (Lipinski definition) is 3. The number of carbonyl (C=O) groups is 1. The topological polar surface area (TPSA) is 66.9 Å². The van der Waals surface area contributed by atoms with E-state index in [9.17, 15) is 9.59 Å². The Labute approximate surface area is 145 Å². The van der Waals surface area contributed by atoms with E-state index >= 15 is 0 Å². The molecule has 6 heteroatoms. The van der Waals surface area contributed by atoms with E-state index in [4.69, 9.17) is 0 Å². The van der Waals surface area contributed by atoms with Crippen LogP contribution in [-0.4, -0.2) is 21.4 Å². The second kappa shape index (κ2) is 6.89. The van der Waals surface area contributed by atoms with Gasteiger partial charge in [-0.2, -0.15) is 0 Å². The molecule has 0 saturated carbocycles. The number of thioether (sulfide) groups is 1. The number of anilines is 1. The number of nitrogens with one attached hydrogen (secondary N) is 2. The minimum Gasteiger partial charge on any atom is -0.310 e. The molecule has 1 atom stereocenters. The Bertz CT molecular complexity index is 788. The lowest BCUT2D eigenvalue weighted by molar-refractivity contribution is -0.113. The van der Waals surface area contributed by atoms with Gasteiger partial charge in [0.2, 0.25) is 5.91 Å². The minimum atomic E-state index is -0.140. The van der Waals surface area contributed by atoms with Crippen LogP contribution in [0.3, 0.4) is 0 Å². The van der Waals surface area contributed by atoms with Crippen molar-refractivity contribution in [3.05, 3.63) is 51.3 Å². The number of amides is 1. The third-order valence-electron chi connectivity index (χ3n) is 4.55. The van der Waals surface area contributed by atoms with Gasteiger partial charge in [0.1, 0.15) is 5.82 Å².